The Labute approximate surface area is 124 Å². The molecule has 1 aromatic heterocycles. The number of aliphatic imine (C=N–C) groups is 1. The fraction of sp³-hybridized carbons (Fsp3) is 0. The Morgan fingerprint density at radius 2 is 1.91 bits per heavy atom. The minimum Gasteiger partial charge on any atom is -0.432 e. The zero-order valence-corrected chi connectivity index (χ0v) is 11.3. The molecule has 3 N–H and O–H groups in total. The minimum absolute atomic E-state index is 0.113. The van der Waals surface area contributed by atoms with Gasteiger partial charge in [-0.3, -0.25) is 10.1 Å². The summed E-state index contributed by atoms with van der Waals surface area (Å²) in [5.41, 5.74) is 7.12. The van der Waals surface area contributed by atoms with E-state index in [0.717, 1.165) is 0 Å². The van der Waals surface area contributed by atoms with Gasteiger partial charge in [0.05, 0.1) is 5.69 Å². The van der Waals surface area contributed by atoms with Crippen molar-refractivity contribution in [2.75, 3.05) is 0 Å². The third kappa shape index (κ3) is 2.93. The highest BCUT2D eigenvalue weighted by atomic mass is 19.1. The van der Waals surface area contributed by atoms with Crippen LogP contribution < -0.4 is 11.1 Å². The van der Waals surface area contributed by atoms with Gasteiger partial charge in [0.15, 0.2) is 5.58 Å². The lowest BCUT2D eigenvalue weighted by Crippen LogP contribution is -2.36. The summed E-state index contributed by atoms with van der Waals surface area (Å²) in [4.78, 5) is 20.0. The molecule has 0 aliphatic rings. The van der Waals surface area contributed by atoms with E-state index >= 15 is 0 Å². The maximum atomic E-state index is 12.8. The molecule has 0 aliphatic heterocycles. The summed E-state index contributed by atoms with van der Waals surface area (Å²) >= 11 is 0. The van der Waals surface area contributed by atoms with Crippen molar-refractivity contribution >= 4 is 28.7 Å². The molecule has 22 heavy (non-hydrogen) atoms. The van der Waals surface area contributed by atoms with Gasteiger partial charge in [0.1, 0.15) is 11.3 Å². The van der Waals surface area contributed by atoms with Gasteiger partial charge in [0, 0.05) is 0 Å². The number of carbonyl (C=O) groups is 1. The Balaban J connectivity index is 1.76. The Morgan fingerprint density at radius 3 is 2.64 bits per heavy atom. The van der Waals surface area contributed by atoms with E-state index in [0.29, 0.717) is 16.8 Å². The van der Waals surface area contributed by atoms with Crippen LogP contribution in [0.2, 0.25) is 0 Å². The van der Waals surface area contributed by atoms with Gasteiger partial charge in [0.2, 0.25) is 5.96 Å². The van der Waals surface area contributed by atoms with Crippen LogP contribution in [-0.2, 0) is 0 Å². The minimum atomic E-state index is -0.612. The molecule has 0 bridgehead atoms. The molecular formula is C15H11FN4O2. The van der Waals surface area contributed by atoms with Crippen LogP contribution in [-0.4, -0.2) is 16.9 Å². The second kappa shape index (κ2) is 5.65. The molecule has 0 fully saturated rings. The van der Waals surface area contributed by atoms with Crippen molar-refractivity contribution in [3.05, 3.63) is 60.2 Å². The van der Waals surface area contributed by atoms with Gasteiger partial charge in [-0.25, -0.2) is 14.4 Å². The highest BCUT2D eigenvalue weighted by Crippen LogP contribution is 2.15. The van der Waals surface area contributed by atoms with Gasteiger partial charge >= 0.3 is 5.91 Å². The predicted octanol–water partition coefficient (Wildman–Crippen LogP) is 2.34. The van der Waals surface area contributed by atoms with E-state index in [1.54, 1.807) is 24.3 Å². The van der Waals surface area contributed by atoms with Crippen molar-refractivity contribution in [3.8, 4) is 0 Å². The number of oxazole rings is 1. The molecule has 2 aromatic carbocycles. The zero-order valence-electron chi connectivity index (χ0n) is 11.3. The molecule has 0 unspecified atom stereocenters. The Kier molecular flexibility index (Phi) is 3.53. The predicted molar refractivity (Wildman–Crippen MR) is 79.2 cm³/mol. The van der Waals surface area contributed by atoms with Gasteiger partial charge in [-0.05, 0) is 36.4 Å². The number of amides is 1. The van der Waals surface area contributed by atoms with E-state index in [9.17, 15) is 9.18 Å². The molecule has 0 saturated heterocycles. The second-order valence-electron chi connectivity index (χ2n) is 4.41. The Bertz CT molecular complexity index is 822. The zero-order chi connectivity index (χ0) is 15.5. The average Bonchev–Trinajstić information content (AvgIpc) is 2.93. The van der Waals surface area contributed by atoms with Gasteiger partial charge in [-0.1, -0.05) is 12.1 Å². The van der Waals surface area contributed by atoms with Crippen molar-refractivity contribution in [1.29, 1.82) is 0 Å². The number of benzene rings is 2. The van der Waals surface area contributed by atoms with E-state index in [1.165, 1.54) is 24.3 Å². The van der Waals surface area contributed by atoms with Crippen molar-refractivity contribution in [1.82, 2.24) is 10.3 Å². The smallest absolute Gasteiger partial charge is 0.313 e. The summed E-state index contributed by atoms with van der Waals surface area (Å²) in [5.74, 6) is -1.25. The summed E-state index contributed by atoms with van der Waals surface area (Å²) in [6, 6.07) is 12.4. The first kappa shape index (κ1) is 13.7. The molecule has 3 aromatic rings. The number of fused-ring (bicyclic) bond motifs is 1. The maximum Gasteiger partial charge on any atom is 0.313 e. The number of nitrogens with one attached hydrogen (secondary N) is 1. The molecule has 0 radical (unpaired) electrons. The van der Waals surface area contributed by atoms with E-state index in [4.69, 9.17) is 10.2 Å². The number of carbonyl (C=O) groups excluding carboxylic acids is 1. The fourth-order valence-corrected chi connectivity index (χ4v) is 1.82. The first-order valence-electron chi connectivity index (χ1n) is 6.38. The lowest BCUT2D eigenvalue weighted by molar-refractivity contribution is 0.0945. The number of nitrogens with two attached hydrogens (primary N) is 1. The number of hydrogen-bond acceptors (Lipinski definition) is 4. The number of hydrogen-bond donors (Lipinski definition) is 2. The standard InChI is InChI=1S/C15H11FN4O2/c16-9-5-7-10(8-6-9)18-15(17)20-13(21)14-19-11-3-1-2-4-12(11)22-14/h1-8H,(H3,17,18,20,21). The number of guanidine groups is 1. The van der Waals surface area contributed by atoms with Gasteiger partial charge in [-0.15, -0.1) is 0 Å². The number of para-hydroxylation sites is 2. The van der Waals surface area contributed by atoms with Gasteiger partial charge in [0.25, 0.3) is 5.89 Å². The normalized spacial score (nSPS) is 11.6. The summed E-state index contributed by atoms with van der Waals surface area (Å²) < 4.78 is 18.1. The van der Waals surface area contributed by atoms with E-state index < -0.39 is 5.91 Å². The lowest BCUT2D eigenvalue weighted by atomic mass is 10.3. The summed E-state index contributed by atoms with van der Waals surface area (Å²) in [6.07, 6.45) is 0. The summed E-state index contributed by atoms with van der Waals surface area (Å²) in [7, 11) is 0. The van der Waals surface area contributed by atoms with Crippen molar-refractivity contribution < 1.29 is 13.6 Å². The molecule has 110 valence electrons. The molecule has 1 amide bonds. The van der Waals surface area contributed by atoms with Crippen LogP contribution >= 0.6 is 0 Å². The largest absolute Gasteiger partial charge is 0.432 e. The molecule has 0 spiro atoms. The topological polar surface area (TPSA) is 93.5 Å². The molecule has 3 rings (SSSR count). The Hall–Kier alpha value is -3.22. The van der Waals surface area contributed by atoms with Crippen LogP contribution in [0, 0.1) is 5.82 Å². The molecule has 6 nitrogen and oxygen atoms in total. The van der Waals surface area contributed by atoms with Crippen molar-refractivity contribution in [3.63, 3.8) is 0 Å². The highest BCUT2D eigenvalue weighted by Gasteiger charge is 2.14. The van der Waals surface area contributed by atoms with Crippen LogP contribution in [0.25, 0.3) is 11.1 Å². The average molecular weight is 298 g/mol. The molecule has 7 heteroatoms. The molecular weight excluding hydrogens is 287 g/mol. The first-order valence-corrected chi connectivity index (χ1v) is 6.38. The van der Waals surface area contributed by atoms with Crippen molar-refractivity contribution in [2.45, 2.75) is 0 Å². The Morgan fingerprint density at radius 1 is 1.18 bits per heavy atom. The van der Waals surface area contributed by atoms with Crippen LogP contribution in [0.4, 0.5) is 10.1 Å². The van der Waals surface area contributed by atoms with Crippen molar-refractivity contribution in [2.24, 2.45) is 10.7 Å². The van der Waals surface area contributed by atoms with Crippen LogP contribution in [0.3, 0.4) is 0 Å². The SMILES string of the molecule is NC(=Nc1ccc(F)cc1)NC(=O)c1nc2ccccc2o1. The molecule has 1 heterocycles. The molecule has 0 saturated carbocycles. The number of aromatic nitrogens is 1. The lowest BCUT2D eigenvalue weighted by Gasteiger charge is -2.01. The maximum absolute atomic E-state index is 12.8. The third-order valence-corrected chi connectivity index (χ3v) is 2.81. The van der Waals surface area contributed by atoms with Crippen LogP contribution in [0.1, 0.15) is 10.7 Å². The molecule has 0 aliphatic carbocycles. The number of halogens is 1. The van der Waals surface area contributed by atoms with E-state index in [1.807, 2.05) is 0 Å². The highest BCUT2D eigenvalue weighted by molar-refractivity contribution is 6.04. The third-order valence-electron chi connectivity index (χ3n) is 2.81. The van der Waals surface area contributed by atoms with Crippen LogP contribution in [0.15, 0.2) is 57.9 Å². The summed E-state index contributed by atoms with van der Waals surface area (Å²) in [6.45, 7) is 0. The summed E-state index contributed by atoms with van der Waals surface area (Å²) in [5, 5.41) is 2.36. The molecule has 0 atom stereocenters. The van der Waals surface area contributed by atoms with E-state index in [2.05, 4.69) is 15.3 Å². The van der Waals surface area contributed by atoms with Crippen LogP contribution in [0.5, 0.6) is 0 Å². The van der Waals surface area contributed by atoms with Gasteiger partial charge < -0.3 is 10.2 Å². The number of rotatable bonds is 2. The fourth-order valence-electron chi connectivity index (χ4n) is 1.82. The quantitative estimate of drug-likeness (QED) is 0.561. The van der Waals surface area contributed by atoms with E-state index in [-0.39, 0.29) is 17.7 Å². The number of nitrogens with zero attached hydrogens (tertiary/aromatic N) is 2. The second-order valence-corrected chi connectivity index (χ2v) is 4.41. The van der Waals surface area contributed by atoms with Gasteiger partial charge in [-0.2, -0.15) is 0 Å². The first-order chi connectivity index (χ1) is 10.6. The monoisotopic (exact) mass is 298 g/mol.